The summed E-state index contributed by atoms with van der Waals surface area (Å²) in [5.74, 6) is -3.22. The highest BCUT2D eigenvalue weighted by atomic mass is 19.3. The van der Waals surface area contributed by atoms with E-state index in [9.17, 15) is 8.78 Å². The maximum absolute atomic E-state index is 13.4. The molecule has 0 bridgehead atoms. The predicted molar refractivity (Wildman–Crippen MR) is 68.1 cm³/mol. The fourth-order valence-corrected chi connectivity index (χ4v) is 1.61. The first-order valence-electron chi connectivity index (χ1n) is 5.55. The molecule has 94 valence electrons. The van der Waals surface area contributed by atoms with E-state index in [-0.39, 0.29) is 11.6 Å². The van der Waals surface area contributed by atoms with Crippen LogP contribution >= 0.6 is 0 Å². The molecule has 0 fully saturated rings. The fraction of sp³-hybridized carbons (Fsp3) is 0.462. The van der Waals surface area contributed by atoms with E-state index in [0.29, 0.717) is 11.4 Å². The number of hydrogen-bond acceptors (Lipinski definition) is 2. The number of nitrogen functional groups attached to an aromatic ring is 1. The lowest BCUT2D eigenvalue weighted by molar-refractivity contribution is 0.0954. The molecule has 0 heterocycles. The number of aliphatic imine (C=N–C) groups is 1. The van der Waals surface area contributed by atoms with Crippen molar-refractivity contribution in [2.75, 3.05) is 5.73 Å². The zero-order valence-corrected chi connectivity index (χ0v) is 10.6. The van der Waals surface area contributed by atoms with E-state index in [1.54, 1.807) is 32.0 Å². The average Bonchev–Trinajstić information content (AvgIpc) is 2.17. The van der Waals surface area contributed by atoms with E-state index < -0.39 is 5.92 Å². The Kier molecular flexibility index (Phi) is 3.86. The average molecular weight is 240 g/mol. The van der Waals surface area contributed by atoms with Crippen LogP contribution in [0, 0.1) is 12.8 Å². The van der Waals surface area contributed by atoms with Gasteiger partial charge in [0, 0.05) is 12.6 Å². The molecule has 17 heavy (non-hydrogen) atoms. The lowest BCUT2D eigenvalue weighted by Crippen LogP contribution is -2.29. The second-order valence-corrected chi connectivity index (χ2v) is 4.59. The molecule has 0 spiro atoms. The molecule has 0 saturated carbocycles. The van der Waals surface area contributed by atoms with Gasteiger partial charge in [-0.15, -0.1) is 0 Å². The summed E-state index contributed by atoms with van der Waals surface area (Å²) in [5.41, 5.74) is 7.38. The van der Waals surface area contributed by atoms with Crippen LogP contribution in [0.25, 0.3) is 0 Å². The zero-order chi connectivity index (χ0) is 13.2. The van der Waals surface area contributed by atoms with Crippen LogP contribution in [-0.4, -0.2) is 11.6 Å². The number of nitrogens with two attached hydrogens (primary N) is 1. The Hall–Kier alpha value is -1.45. The number of halogens is 2. The van der Waals surface area contributed by atoms with Crippen LogP contribution in [0.5, 0.6) is 0 Å². The molecule has 0 atom stereocenters. The van der Waals surface area contributed by atoms with E-state index in [1.165, 1.54) is 0 Å². The maximum atomic E-state index is 13.4. The number of alkyl halides is 2. The molecule has 4 heteroatoms. The normalized spacial score (nSPS) is 13.2. The molecule has 0 radical (unpaired) electrons. The van der Waals surface area contributed by atoms with Crippen LogP contribution in [0.3, 0.4) is 0 Å². The van der Waals surface area contributed by atoms with Gasteiger partial charge in [0.05, 0.1) is 11.4 Å². The summed E-state index contributed by atoms with van der Waals surface area (Å²) in [6, 6.07) is 5.12. The van der Waals surface area contributed by atoms with Crippen LogP contribution in [0.4, 0.5) is 20.2 Å². The van der Waals surface area contributed by atoms with Gasteiger partial charge in [-0.2, -0.15) is 0 Å². The smallest absolute Gasteiger partial charge is 0.283 e. The third-order valence-electron chi connectivity index (χ3n) is 2.47. The molecule has 2 N–H and O–H groups in total. The van der Waals surface area contributed by atoms with Gasteiger partial charge >= 0.3 is 0 Å². The SMILES string of the molecule is Cc1ccc(N)cc1N=C(C(C)C)C(C)(F)F. The van der Waals surface area contributed by atoms with Crippen molar-refractivity contribution < 1.29 is 8.78 Å². The molecule has 1 aromatic rings. The Morgan fingerprint density at radius 1 is 1.35 bits per heavy atom. The van der Waals surface area contributed by atoms with Crippen LogP contribution < -0.4 is 5.73 Å². The van der Waals surface area contributed by atoms with Crippen molar-refractivity contribution in [1.82, 2.24) is 0 Å². The summed E-state index contributed by atoms with van der Waals surface area (Å²) in [4.78, 5) is 4.08. The summed E-state index contributed by atoms with van der Waals surface area (Å²) < 4.78 is 26.8. The molecule has 0 unspecified atom stereocenters. The third kappa shape index (κ3) is 3.51. The highest BCUT2D eigenvalue weighted by Gasteiger charge is 2.31. The zero-order valence-electron chi connectivity index (χ0n) is 10.6. The Bertz CT molecular complexity index is 432. The first-order chi connectivity index (χ1) is 7.71. The summed E-state index contributed by atoms with van der Waals surface area (Å²) in [6.45, 7) is 6.10. The first-order valence-corrected chi connectivity index (χ1v) is 5.55. The molecule has 0 aliphatic heterocycles. The topological polar surface area (TPSA) is 38.4 Å². The van der Waals surface area contributed by atoms with Crippen LogP contribution in [0.15, 0.2) is 23.2 Å². The Morgan fingerprint density at radius 3 is 2.41 bits per heavy atom. The maximum Gasteiger partial charge on any atom is 0.283 e. The van der Waals surface area contributed by atoms with Crippen molar-refractivity contribution in [2.45, 2.75) is 33.6 Å². The molecule has 0 saturated heterocycles. The van der Waals surface area contributed by atoms with Crippen molar-refractivity contribution in [2.24, 2.45) is 10.9 Å². The van der Waals surface area contributed by atoms with Gasteiger partial charge in [-0.1, -0.05) is 19.9 Å². The molecule has 0 aromatic heterocycles. The van der Waals surface area contributed by atoms with Gasteiger partial charge in [-0.05, 0) is 30.5 Å². The minimum absolute atomic E-state index is 0.119. The van der Waals surface area contributed by atoms with E-state index in [1.807, 2.05) is 6.92 Å². The molecule has 0 aliphatic rings. The summed E-state index contributed by atoms with van der Waals surface area (Å²) in [7, 11) is 0. The Morgan fingerprint density at radius 2 is 1.94 bits per heavy atom. The van der Waals surface area contributed by atoms with Gasteiger partial charge in [0.15, 0.2) is 0 Å². The molecule has 0 amide bonds. The highest BCUT2D eigenvalue weighted by molar-refractivity contribution is 5.94. The molecule has 2 nitrogen and oxygen atoms in total. The molecule has 1 aromatic carbocycles. The van der Waals surface area contributed by atoms with Crippen molar-refractivity contribution in [3.05, 3.63) is 23.8 Å². The van der Waals surface area contributed by atoms with E-state index >= 15 is 0 Å². The van der Waals surface area contributed by atoms with Crippen molar-refractivity contribution in [3.63, 3.8) is 0 Å². The second kappa shape index (κ2) is 4.82. The third-order valence-corrected chi connectivity index (χ3v) is 2.47. The number of hydrogen-bond donors (Lipinski definition) is 1. The fourth-order valence-electron chi connectivity index (χ4n) is 1.61. The second-order valence-electron chi connectivity index (χ2n) is 4.59. The quantitative estimate of drug-likeness (QED) is 0.630. The minimum atomic E-state index is -2.91. The minimum Gasteiger partial charge on any atom is -0.399 e. The molecule has 1 rings (SSSR count). The number of nitrogens with zero attached hydrogens (tertiary/aromatic N) is 1. The van der Waals surface area contributed by atoms with Gasteiger partial charge < -0.3 is 5.73 Å². The largest absolute Gasteiger partial charge is 0.399 e. The van der Waals surface area contributed by atoms with Gasteiger partial charge in [0.25, 0.3) is 5.92 Å². The van der Waals surface area contributed by atoms with Crippen molar-refractivity contribution in [3.8, 4) is 0 Å². The number of aryl methyl sites for hydroxylation is 1. The van der Waals surface area contributed by atoms with Crippen LogP contribution in [-0.2, 0) is 0 Å². The summed E-state index contributed by atoms with van der Waals surface area (Å²) in [6.07, 6.45) is 0. The lowest BCUT2D eigenvalue weighted by Gasteiger charge is -2.17. The van der Waals surface area contributed by atoms with Crippen LogP contribution in [0.2, 0.25) is 0 Å². The van der Waals surface area contributed by atoms with E-state index in [4.69, 9.17) is 5.73 Å². The first kappa shape index (κ1) is 13.6. The summed E-state index contributed by atoms with van der Waals surface area (Å²) in [5, 5.41) is 0. The number of anilines is 1. The molecular formula is C13H18F2N2. The standard InChI is InChI=1S/C13H18F2N2/c1-8(2)12(13(4,14)15)17-11-7-10(16)6-5-9(11)3/h5-8H,16H2,1-4H3. The van der Waals surface area contributed by atoms with Gasteiger partial charge in [0.2, 0.25) is 0 Å². The number of benzene rings is 1. The molecule has 0 aliphatic carbocycles. The summed E-state index contributed by atoms with van der Waals surface area (Å²) >= 11 is 0. The Balaban J connectivity index is 3.27. The number of rotatable bonds is 3. The Labute approximate surface area is 101 Å². The van der Waals surface area contributed by atoms with Gasteiger partial charge in [-0.25, -0.2) is 8.78 Å². The van der Waals surface area contributed by atoms with Crippen LogP contribution in [0.1, 0.15) is 26.3 Å². The van der Waals surface area contributed by atoms with Gasteiger partial charge in [-0.3, -0.25) is 4.99 Å². The van der Waals surface area contributed by atoms with E-state index in [2.05, 4.69) is 4.99 Å². The highest BCUT2D eigenvalue weighted by Crippen LogP contribution is 2.27. The lowest BCUT2D eigenvalue weighted by atomic mass is 10.0. The predicted octanol–water partition coefficient (Wildman–Crippen LogP) is 3.96. The molecular weight excluding hydrogens is 222 g/mol. The van der Waals surface area contributed by atoms with Crippen molar-refractivity contribution >= 4 is 17.1 Å². The van der Waals surface area contributed by atoms with Gasteiger partial charge in [0.1, 0.15) is 0 Å². The van der Waals surface area contributed by atoms with Crippen molar-refractivity contribution in [1.29, 1.82) is 0 Å². The monoisotopic (exact) mass is 240 g/mol. The van der Waals surface area contributed by atoms with E-state index in [0.717, 1.165) is 12.5 Å².